The second kappa shape index (κ2) is 10.2. The lowest BCUT2D eigenvalue weighted by molar-refractivity contribution is 0.284. The Bertz CT molecular complexity index is 1390. The molecule has 0 amide bonds. The summed E-state index contributed by atoms with van der Waals surface area (Å²) in [6, 6.07) is 18.6. The first kappa shape index (κ1) is 23.0. The Morgan fingerprint density at radius 3 is 2.67 bits per heavy atom. The number of fused-ring (bicyclic) bond motifs is 1. The fraction of sp³-hybridized carbons (Fsp3) is 0.160. The van der Waals surface area contributed by atoms with Gasteiger partial charge in [-0.2, -0.15) is 9.78 Å². The number of rotatable bonds is 7. The van der Waals surface area contributed by atoms with Crippen LogP contribution in [0.5, 0.6) is 11.5 Å². The number of aromatic nitrogens is 2. The van der Waals surface area contributed by atoms with Gasteiger partial charge in [0.05, 0.1) is 24.2 Å². The van der Waals surface area contributed by atoms with Gasteiger partial charge >= 0.3 is 0 Å². The molecule has 4 aromatic rings. The number of methoxy groups -OCH3 is 1. The molecule has 1 heterocycles. The highest BCUT2D eigenvalue weighted by Crippen LogP contribution is 2.34. The van der Waals surface area contributed by atoms with E-state index in [1.165, 1.54) is 4.68 Å². The lowest BCUT2D eigenvalue weighted by Gasteiger charge is -2.14. The predicted molar refractivity (Wildman–Crippen MR) is 135 cm³/mol. The molecule has 0 radical (unpaired) electrons. The van der Waals surface area contributed by atoms with Crippen molar-refractivity contribution in [3.05, 3.63) is 97.5 Å². The summed E-state index contributed by atoms with van der Waals surface area (Å²) in [6.45, 7) is 2.26. The topological polar surface area (TPSA) is 65.7 Å². The average molecular weight is 527 g/mol. The molecule has 8 heteroatoms. The maximum atomic E-state index is 13.2. The second-order valence-corrected chi connectivity index (χ2v) is 8.56. The molecule has 0 spiro atoms. The number of nitrogens with zero attached hydrogens (tertiary/aromatic N) is 3. The van der Waals surface area contributed by atoms with Crippen LogP contribution in [-0.4, -0.2) is 23.0 Å². The first-order chi connectivity index (χ1) is 16.0. The van der Waals surface area contributed by atoms with Crippen molar-refractivity contribution < 1.29 is 9.47 Å². The molecule has 4 rings (SSSR count). The van der Waals surface area contributed by atoms with Crippen molar-refractivity contribution in [1.82, 2.24) is 9.66 Å². The standard InChI is InChI=1S/C25H21BrClN3O3/c1-3-23-29-21-10-9-18(26)12-20(21)25(31)30(23)28-14-17-11-19(27)13-22(32-2)24(17)33-15-16-7-5-4-6-8-16/h4-14H,3,15H2,1-2H3. The number of halogens is 2. The Morgan fingerprint density at radius 2 is 1.94 bits per heavy atom. The van der Waals surface area contributed by atoms with Crippen molar-refractivity contribution in [3.8, 4) is 11.5 Å². The summed E-state index contributed by atoms with van der Waals surface area (Å²) in [7, 11) is 1.55. The van der Waals surface area contributed by atoms with Crippen molar-refractivity contribution >= 4 is 44.6 Å². The molecule has 0 aliphatic rings. The van der Waals surface area contributed by atoms with E-state index in [2.05, 4.69) is 26.0 Å². The number of benzene rings is 3. The third-order valence-electron chi connectivity index (χ3n) is 5.00. The Morgan fingerprint density at radius 1 is 1.15 bits per heavy atom. The molecule has 0 bridgehead atoms. The Hall–Kier alpha value is -3.16. The molecule has 0 fully saturated rings. The summed E-state index contributed by atoms with van der Waals surface area (Å²) in [4.78, 5) is 17.8. The summed E-state index contributed by atoms with van der Waals surface area (Å²) >= 11 is 9.71. The first-order valence-corrected chi connectivity index (χ1v) is 11.5. The minimum Gasteiger partial charge on any atom is -0.493 e. The van der Waals surface area contributed by atoms with Gasteiger partial charge in [-0.25, -0.2) is 4.98 Å². The lowest BCUT2D eigenvalue weighted by Crippen LogP contribution is -2.22. The van der Waals surface area contributed by atoms with Crippen LogP contribution in [0.4, 0.5) is 0 Å². The van der Waals surface area contributed by atoms with Crippen molar-refractivity contribution in [2.75, 3.05) is 7.11 Å². The van der Waals surface area contributed by atoms with E-state index in [-0.39, 0.29) is 5.56 Å². The molecule has 33 heavy (non-hydrogen) atoms. The molecule has 0 aliphatic carbocycles. The van der Waals surface area contributed by atoms with Gasteiger partial charge in [0.2, 0.25) is 0 Å². The Labute approximate surface area is 204 Å². The second-order valence-electron chi connectivity index (χ2n) is 7.21. The molecule has 0 saturated heterocycles. The van der Waals surface area contributed by atoms with Gasteiger partial charge in [0, 0.05) is 27.5 Å². The molecule has 3 aromatic carbocycles. The van der Waals surface area contributed by atoms with Crippen LogP contribution in [0.3, 0.4) is 0 Å². The summed E-state index contributed by atoms with van der Waals surface area (Å²) < 4.78 is 13.7. The smallest absolute Gasteiger partial charge is 0.282 e. The zero-order valence-electron chi connectivity index (χ0n) is 18.1. The van der Waals surface area contributed by atoms with E-state index in [0.717, 1.165) is 10.0 Å². The van der Waals surface area contributed by atoms with Crippen LogP contribution < -0.4 is 15.0 Å². The largest absolute Gasteiger partial charge is 0.493 e. The number of hydrogen-bond acceptors (Lipinski definition) is 5. The van der Waals surface area contributed by atoms with E-state index in [9.17, 15) is 4.79 Å². The quantitative estimate of drug-likeness (QED) is 0.284. The van der Waals surface area contributed by atoms with E-state index >= 15 is 0 Å². The zero-order valence-corrected chi connectivity index (χ0v) is 20.4. The highest BCUT2D eigenvalue weighted by molar-refractivity contribution is 9.10. The molecular formula is C25H21BrClN3O3. The van der Waals surface area contributed by atoms with Crippen LogP contribution >= 0.6 is 27.5 Å². The van der Waals surface area contributed by atoms with E-state index < -0.39 is 0 Å². The van der Waals surface area contributed by atoms with Crippen LogP contribution in [0.2, 0.25) is 5.02 Å². The molecular weight excluding hydrogens is 506 g/mol. The molecule has 0 aliphatic heterocycles. The van der Waals surface area contributed by atoms with E-state index in [4.69, 9.17) is 21.1 Å². The molecule has 0 unspecified atom stereocenters. The monoisotopic (exact) mass is 525 g/mol. The van der Waals surface area contributed by atoms with Gasteiger partial charge in [0.15, 0.2) is 11.5 Å². The highest BCUT2D eigenvalue weighted by atomic mass is 79.9. The predicted octanol–water partition coefficient (Wildman–Crippen LogP) is 5.84. The van der Waals surface area contributed by atoms with Gasteiger partial charge in [-0.3, -0.25) is 4.79 Å². The van der Waals surface area contributed by atoms with E-state index in [0.29, 0.717) is 51.8 Å². The van der Waals surface area contributed by atoms with Crippen molar-refractivity contribution in [1.29, 1.82) is 0 Å². The maximum Gasteiger partial charge on any atom is 0.282 e. The van der Waals surface area contributed by atoms with E-state index in [1.54, 1.807) is 31.5 Å². The Balaban J connectivity index is 1.78. The number of hydrogen-bond donors (Lipinski definition) is 0. The fourth-order valence-electron chi connectivity index (χ4n) is 3.38. The average Bonchev–Trinajstić information content (AvgIpc) is 2.83. The number of ether oxygens (including phenoxy) is 2. The zero-order chi connectivity index (χ0) is 23.4. The van der Waals surface area contributed by atoms with Crippen LogP contribution in [0.15, 0.2) is 75.0 Å². The molecule has 6 nitrogen and oxygen atoms in total. The minimum absolute atomic E-state index is 0.254. The third kappa shape index (κ3) is 5.10. The van der Waals surface area contributed by atoms with Gasteiger partial charge in [-0.1, -0.05) is 64.8 Å². The van der Waals surface area contributed by atoms with Crippen LogP contribution in [0.25, 0.3) is 10.9 Å². The summed E-state index contributed by atoms with van der Waals surface area (Å²) in [5.74, 6) is 1.51. The van der Waals surface area contributed by atoms with Gasteiger partial charge in [-0.05, 0) is 29.8 Å². The molecule has 1 aromatic heterocycles. The molecule has 168 valence electrons. The van der Waals surface area contributed by atoms with Gasteiger partial charge < -0.3 is 9.47 Å². The van der Waals surface area contributed by atoms with Crippen molar-refractivity contribution in [2.45, 2.75) is 20.0 Å². The van der Waals surface area contributed by atoms with Crippen LogP contribution in [0.1, 0.15) is 23.9 Å². The number of aryl methyl sites for hydroxylation is 1. The summed E-state index contributed by atoms with van der Waals surface area (Å²) in [6.07, 6.45) is 2.08. The van der Waals surface area contributed by atoms with Crippen LogP contribution in [0, 0.1) is 0 Å². The fourth-order valence-corrected chi connectivity index (χ4v) is 3.96. The van der Waals surface area contributed by atoms with E-state index in [1.807, 2.05) is 49.4 Å². The highest BCUT2D eigenvalue weighted by Gasteiger charge is 2.14. The maximum absolute atomic E-state index is 13.2. The molecule has 0 atom stereocenters. The van der Waals surface area contributed by atoms with Crippen molar-refractivity contribution in [3.63, 3.8) is 0 Å². The van der Waals surface area contributed by atoms with Crippen molar-refractivity contribution in [2.24, 2.45) is 5.10 Å². The Kier molecular flexibility index (Phi) is 7.11. The normalized spacial score (nSPS) is 11.3. The minimum atomic E-state index is -0.254. The molecule has 0 saturated carbocycles. The van der Waals surface area contributed by atoms with Gasteiger partial charge in [-0.15, -0.1) is 0 Å². The third-order valence-corrected chi connectivity index (χ3v) is 5.71. The van der Waals surface area contributed by atoms with Gasteiger partial charge in [0.1, 0.15) is 12.4 Å². The summed E-state index contributed by atoms with van der Waals surface area (Å²) in [5, 5.41) is 5.40. The van der Waals surface area contributed by atoms with Crippen LogP contribution in [-0.2, 0) is 13.0 Å². The lowest BCUT2D eigenvalue weighted by atomic mass is 10.2. The first-order valence-electron chi connectivity index (χ1n) is 10.3. The summed E-state index contributed by atoms with van der Waals surface area (Å²) in [5.41, 5.74) is 1.96. The SMILES string of the molecule is CCc1nc2ccc(Br)cc2c(=O)n1N=Cc1cc(Cl)cc(OC)c1OCc1ccccc1. The van der Waals surface area contributed by atoms with Gasteiger partial charge in [0.25, 0.3) is 5.56 Å². The molecule has 0 N–H and O–H groups in total.